The van der Waals surface area contributed by atoms with Crippen LogP contribution in [0.3, 0.4) is 0 Å². The van der Waals surface area contributed by atoms with Gasteiger partial charge in [0.2, 0.25) is 0 Å². The summed E-state index contributed by atoms with van der Waals surface area (Å²) in [7, 11) is 0. The van der Waals surface area contributed by atoms with Gasteiger partial charge in [-0.05, 0) is 63.0 Å². The van der Waals surface area contributed by atoms with Gasteiger partial charge in [-0.25, -0.2) is 4.98 Å². The van der Waals surface area contributed by atoms with Gasteiger partial charge >= 0.3 is 0 Å². The van der Waals surface area contributed by atoms with Crippen LogP contribution in [0, 0.1) is 17.2 Å². The lowest BCUT2D eigenvalue weighted by Gasteiger charge is -2.49. The van der Waals surface area contributed by atoms with E-state index in [9.17, 15) is 4.79 Å². The normalized spacial score (nSPS) is 27.1. The quantitative estimate of drug-likeness (QED) is 0.875. The molecule has 0 radical (unpaired) electrons. The predicted octanol–water partition coefficient (Wildman–Crippen LogP) is 3.38. The van der Waals surface area contributed by atoms with Crippen molar-refractivity contribution in [2.24, 2.45) is 5.92 Å². The van der Waals surface area contributed by atoms with E-state index < -0.39 is 0 Å². The number of benzene rings is 1. The molecule has 0 aliphatic carbocycles. The summed E-state index contributed by atoms with van der Waals surface area (Å²) in [6.07, 6.45) is 3.95. The third-order valence-electron chi connectivity index (χ3n) is 5.39. The Balaban J connectivity index is 1.40. The van der Waals surface area contributed by atoms with E-state index in [0.717, 1.165) is 22.3 Å². The summed E-state index contributed by atoms with van der Waals surface area (Å²) >= 11 is 2.88. The first-order valence-corrected chi connectivity index (χ1v) is 10.5. The van der Waals surface area contributed by atoms with Crippen molar-refractivity contribution in [2.45, 2.75) is 41.1 Å². The molecule has 5 nitrogen and oxygen atoms in total. The first kappa shape index (κ1) is 17.5. The van der Waals surface area contributed by atoms with Crippen molar-refractivity contribution >= 4 is 29.0 Å². The second-order valence-corrected chi connectivity index (χ2v) is 9.19. The molecule has 1 amide bonds. The average molecular weight is 385 g/mol. The molecule has 5 rings (SSSR count). The summed E-state index contributed by atoms with van der Waals surface area (Å²) in [6, 6.07) is 10.4. The Bertz CT molecular complexity index is 832. The van der Waals surface area contributed by atoms with Gasteiger partial charge in [-0.3, -0.25) is 9.69 Å². The molecule has 4 heterocycles. The second kappa shape index (κ2) is 7.39. The molecule has 1 N–H and O–H groups in total. The molecule has 3 saturated heterocycles. The average Bonchev–Trinajstić information content (AvgIpc) is 3.13. The minimum absolute atomic E-state index is 0.00756. The number of fused-ring (bicyclic) bond motifs is 3. The fourth-order valence-corrected chi connectivity index (χ4v) is 5.66. The van der Waals surface area contributed by atoms with Crippen molar-refractivity contribution in [3.63, 3.8) is 0 Å². The molecule has 7 heteroatoms. The van der Waals surface area contributed by atoms with Crippen LogP contribution < -0.4 is 5.32 Å². The van der Waals surface area contributed by atoms with Gasteiger partial charge in [0.25, 0.3) is 5.91 Å². The summed E-state index contributed by atoms with van der Waals surface area (Å²) in [6.45, 7) is 4.54. The second-order valence-electron chi connectivity index (χ2n) is 6.84. The Kier molecular flexibility index (Phi) is 4.98. The molecule has 1 aromatic carbocycles. The molecular weight excluding hydrogens is 364 g/mol. The van der Waals surface area contributed by atoms with Crippen LogP contribution in [-0.4, -0.2) is 41.0 Å². The van der Waals surface area contributed by atoms with Crippen LogP contribution >= 0.6 is 23.1 Å². The number of thiazole rings is 1. The Morgan fingerprint density at radius 1 is 1.35 bits per heavy atom. The Labute approximate surface area is 161 Å². The molecule has 3 fully saturated rings. The Morgan fingerprint density at radius 2 is 2.08 bits per heavy atom. The van der Waals surface area contributed by atoms with Crippen molar-refractivity contribution in [3.8, 4) is 6.07 Å². The molecule has 3 aliphatic heterocycles. The maximum atomic E-state index is 12.7. The number of nitriles is 1. The molecule has 2 atom stereocenters. The van der Waals surface area contributed by atoms with E-state index in [2.05, 4.69) is 28.2 Å². The van der Waals surface area contributed by atoms with Gasteiger partial charge in [0.15, 0.2) is 4.34 Å². The van der Waals surface area contributed by atoms with Crippen molar-refractivity contribution in [3.05, 3.63) is 40.9 Å². The SMILES string of the molecule is C[C@H]1[C@H](NC(=O)c2ccc(Sc3ncc(C#N)s3)cc2)C2CCN1CC2. The number of carbonyl (C=O) groups is 1. The highest BCUT2D eigenvalue weighted by Crippen LogP contribution is 2.33. The Hall–Kier alpha value is -1.88. The fraction of sp³-hybridized carbons (Fsp3) is 0.421. The lowest BCUT2D eigenvalue weighted by molar-refractivity contribution is 0.0217. The molecule has 1 aromatic heterocycles. The van der Waals surface area contributed by atoms with E-state index in [4.69, 9.17) is 5.26 Å². The highest BCUT2D eigenvalue weighted by atomic mass is 32.2. The van der Waals surface area contributed by atoms with Crippen molar-refractivity contribution < 1.29 is 4.79 Å². The van der Waals surface area contributed by atoms with Gasteiger partial charge in [-0.1, -0.05) is 23.1 Å². The molecule has 2 aromatic rings. The van der Waals surface area contributed by atoms with E-state index in [1.807, 2.05) is 24.3 Å². The van der Waals surface area contributed by atoms with E-state index in [1.54, 1.807) is 6.20 Å². The zero-order valence-corrected chi connectivity index (χ0v) is 16.1. The molecule has 0 unspecified atom stereocenters. The zero-order valence-electron chi connectivity index (χ0n) is 14.5. The zero-order chi connectivity index (χ0) is 18.1. The van der Waals surface area contributed by atoms with E-state index in [-0.39, 0.29) is 11.9 Å². The monoisotopic (exact) mass is 384 g/mol. The van der Waals surface area contributed by atoms with Gasteiger partial charge in [0, 0.05) is 22.5 Å². The fourth-order valence-electron chi connectivity index (χ4n) is 3.91. The summed E-state index contributed by atoms with van der Waals surface area (Å²) < 4.78 is 0.833. The number of nitrogens with zero attached hydrogens (tertiary/aromatic N) is 3. The number of hydrogen-bond acceptors (Lipinski definition) is 6. The van der Waals surface area contributed by atoms with E-state index in [1.165, 1.54) is 35.9 Å². The molecule has 3 aliphatic rings. The van der Waals surface area contributed by atoms with Crippen molar-refractivity contribution in [2.75, 3.05) is 13.1 Å². The van der Waals surface area contributed by atoms with Gasteiger partial charge < -0.3 is 5.32 Å². The van der Waals surface area contributed by atoms with Crippen molar-refractivity contribution in [1.82, 2.24) is 15.2 Å². The van der Waals surface area contributed by atoms with Gasteiger partial charge in [0.1, 0.15) is 10.9 Å². The van der Waals surface area contributed by atoms with Crippen LogP contribution in [-0.2, 0) is 0 Å². The molecular formula is C19H20N4OS2. The van der Waals surface area contributed by atoms with E-state index in [0.29, 0.717) is 22.4 Å². The van der Waals surface area contributed by atoms with Gasteiger partial charge in [-0.2, -0.15) is 5.26 Å². The minimum atomic E-state index is 0.00756. The third kappa shape index (κ3) is 3.50. The summed E-state index contributed by atoms with van der Waals surface area (Å²) in [5.41, 5.74) is 0.690. The highest BCUT2D eigenvalue weighted by Gasteiger charge is 2.40. The largest absolute Gasteiger partial charge is 0.347 e. The lowest BCUT2D eigenvalue weighted by Crippen LogP contribution is -2.62. The maximum Gasteiger partial charge on any atom is 0.251 e. The first-order valence-electron chi connectivity index (χ1n) is 8.83. The number of nitrogens with one attached hydrogen (secondary N) is 1. The number of hydrogen-bond donors (Lipinski definition) is 1. The predicted molar refractivity (Wildman–Crippen MR) is 102 cm³/mol. The number of amides is 1. The third-order valence-corrected chi connectivity index (χ3v) is 7.38. The number of piperidine rings is 3. The molecule has 134 valence electrons. The maximum absolute atomic E-state index is 12.7. The number of carbonyl (C=O) groups excluding carboxylic acids is 1. The summed E-state index contributed by atoms with van der Waals surface area (Å²) in [4.78, 5) is 21.0. The minimum Gasteiger partial charge on any atom is -0.347 e. The van der Waals surface area contributed by atoms with Crippen LogP contribution in [0.4, 0.5) is 0 Å². The number of aromatic nitrogens is 1. The van der Waals surface area contributed by atoms with Crippen LogP contribution in [0.25, 0.3) is 0 Å². The van der Waals surface area contributed by atoms with Crippen LogP contribution in [0.5, 0.6) is 0 Å². The molecule has 2 bridgehead atoms. The summed E-state index contributed by atoms with van der Waals surface area (Å²) in [5.74, 6) is 0.612. The standard InChI is InChI=1S/C19H20N4OS2/c1-12-17(13-6-8-23(12)9-7-13)22-18(24)14-2-4-15(5-3-14)25-19-21-11-16(10-20)26-19/h2-5,11-13,17H,6-9H2,1H3,(H,22,24)/t12-,17-/m0/s1. The highest BCUT2D eigenvalue weighted by molar-refractivity contribution is 8.01. The van der Waals surface area contributed by atoms with Crippen molar-refractivity contribution in [1.29, 1.82) is 5.26 Å². The van der Waals surface area contributed by atoms with Crippen LogP contribution in [0.15, 0.2) is 39.7 Å². The lowest BCUT2D eigenvalue weighted by atomic mass is 9.79. The Morgan fingerprint density at radius 3 is 2.69 bits per heavy atom. The molecule has 0 spiro atoms. The summed E-state index contributed by atoms with van der Waals surface area (Å²) in [5, 5.41) is 12.1. The van der Waals surface area contributed by atoms with Gasteiger partial charge in [0.05, 0.1) is 6.20 Å². The first-order chi connectivity index (χ1) is 12.6. The smallest absolute Gasteiger partial charge is 0.251 e. The van der Waals surface area contributed by atoms with Crippen LogP contribution in [0.1, 0.15) is 35.0 Å². The molecule has 0 saturated carbocycles. The van der Waals surface area contributed by atoms with Crippen LogP contribution in [0.2, 0.25) is 0 Å². The number of rotatable bonds is 4. The topological polar surface area (TPSA) is 69.0 Å². The van der Waals surface area contributed by atoms with E-state index >= 15 is 0 Å². The van der Waals surface area contributed by atoms with Gasteiger partial charge in [-0.15, -0.1) is 0 Å². The molecule has 26 heavy (non-hydrogen) atoms.